The van der Waals surface area contributed by atoms with Crippen molar-refractivity contribution >= 4 is 11.9 Å². The van der Waals surface area contributed by atoms with Crippen molar-refractivity contribution in [3.8, 4) is 0 Å². The van der Waals surface area contributed by atoms with E-state index in [0.29, 0.717) is 19.4 Å². The molecule has 0 rings (SSSR count). The Hall–Kier alpha value is -2.14. The van der Waals surface area contributed by atoms with Crippen LogP contribution in [0.4, 0.5) is 0 Å². The van der Waals surface area contributed by atoms with E-state index in [1.807, 2.05) is 0 Å². The maximum absolute atomic E-state index is 12.5. The third-order valence-corrected chi connectivity index (χ3v) is 9.85. The van der Waals surface area contributed by atoms with Crippen molar-refractivity contribution < 1.29 is 23.8 Å². The van der Waals surface area contributed by atoms with Crippen molar-refractivity contribution in [1.29, 1.82) is 0 Å². The number of ether oxygens (including phenoxy) is 3. The van der Waals surface area contributed by atoms with Crippen LogP contribution in [0.15, 0.2) is 48.6 Å². The van der Waals surface area contributed by atoms with Gasteiger partial charge in [-0.05, 0) is 77.0 Å². The fraction of sp³-hybridized carbons (Fsp3) is 0.796. The molecule has 0 N–H and O–H groups in total. The van der Waals surface area contributed by atoms with Crippen LogP contribution in [0.2, 0.25) is 0 Å². The highest BCUT2D eigenvalue weighted by atomic mass is 16.6. The average Bonchev–Trinajstić information content (AvgIpc) is 3.17. The summed E-state index contributed by atoms with van der Waals surface area (Å²) in [5.74, 6) is -0.422. The minimum absolute atomic E-state index is 0.0757. The number of hydrogen-bond acceptors (Lipinski definition) is 5. The molecule has 0 aromatic rings. The van der Waals surface area contributed by atoms with E-state index in [9.17, 15) is 9.59 Å². The molecule has 5 nitrogen and oxygen atoms in total. The summed E-state index contributed by atoms with van der Waals surface area (Å²) in [5, 5.41) is 0. The third-order valence-electron chi connectivity index (χ3n) is 9.85. The molecule has 0 saturated carbocycles. The zero-order chi connectivity index (χ0) is 39.3. The summed E-state index contributed by atoms with van der Waals surface area (Å²) < 4.78 is 17.2. The van der Waals surface area contributed by atoms with Gasteiger partial charge < -0.3 is 14.2 Å². The van der Waals surface area contributed by atoms with Gasteiger partial charge in [-0.15, -0.1) is 0 Å². The van der Waals surface area contributed by atoms with Gasteiger partial charge in [-0.2, -0.15) is 0 Å². The van der Waals surface area contributed by atoms with Gasteiger partial charge in [0.25, 0.3) is 0 Å². The number of carbonyl (C=O) groups is 2. The van der Waals surface area contributed by atoms with Crippen LogP contribution in [0.3, 0.4) is 0 Å². The van der Waals surface area contributed by atoms with Crippen LogP contribution >= 0.6 is 0 Å². The molecule has 0 heterocycles. The fourth-order valence-electron chi connectivity index (χ4n) is 6.40. The largest absolute Gasteiger partial charge is 0.462 e. The molecule has 0 aliphatic carbocycles. The number of rotatable bonds is 42. The van der Waals surface area contributed by atoms with Gasteiger partial charge in [0, 0.05) is 19.4 Å². The van der Waals surface area contributed by atoms with Gasteiger partial charge in [0.2, 0.25) is 0 Å². The lowest BCUT2D eigenvalue weighted by Gasteiger charge is -2.18. The second-order valence-corrected chi connectivity index (χ2v) is 15.3. The summed E-state index contributed by atoms with van der Waals surface area (Å²) in [7, 11) is 0. The molecule has 0 spiro atoms. The zero-order valence-electron chi connectivity index (χ0n) is 36.0. The molecule has 1 unspecified atom stereocenters. The number of hydrogen-bond donors (Lipinski definition) is 0. The Bertz CT molecular complexity index is 904. The van der Waals surface area contributed by atoms with Crippen molar-refractivity contribution in [2.45, 2.75) is 232 Å². The molecule has 1 atom stereocenters. The average molecular weight is 757 g/mol. The molecular weight excluding hydrogens is 669 g/mol. The van der Waals surface area contributed by atoms with Gasteiger partial charge in [0.05, 0.1) is 6.61 Å². The Morgan fingerprint density at radius 2 is 0.833 bits per heavy atom. The Morgan fingerprint density at radius 1 is 0.426 bits per heavy atom. The summed E-state index contributed by atoms with van der Waals surface area (Å²) in [5.41, 5.74) is 0. The predicted octanol–water partition coefficient (Wildman–Crippen LogP) is 15.2. The maximum atomic E-state index is 12.5. The zero-order valence-corrected chi connectivity index (χ0v) is 36.0. The second-order valence-electron chi connectivity index (χ2n) is 15.3. The molecule has 314 valence electrons. The van der Waals surface area contributed by atoms with Crippen LogP contribution in [0.1, 0.15) is 226 Å². The van der Waals surface area contributed by atoms with Gasteiger partial charge in [0.1, 0.15) is 6.61 Å². The van der Waals surface area contributed by atoms with E-state index in [4.69, 9.17) is 14.2 Å². The predicted molar refractivity (Wildman–Crippen MR) is 233 cm³/mol. The molecule has 0 amide bonds. The van der Waals surface area contributed by atoms with E-state index in [2.05, 4.69) is 69.4 Å². The summed E-state index contributed by atoms with van der Waals surface area (Å²) >= 11 is 0. The summed E-state index contributed by atoms with van der Waals surface area (Å²) in [6.45, 7) is 7.60. The molecule has 0 bridgehead atoms. The van der Waals surface area contributed by atoms with Gasteiger partial charge in [-0.25, -0.2) is 0 Å². The van der Waals surface area contributed by atoms with E-state index < -0.39 is 6.10 Å². The molecule has 0 aromatic carbocycles. The normalized spacial score (nSPS) is 12.6. The van der Waals surface area contributed by atoms with Crippen molar-refractivity contribution in [2.24, 2.45) is 0 Å². The van der Waals surface area contributed by atoms with E-state index in [1.54, 1.807) is 0 Å². The standard InChI is InChI=1S/C49H88O5/c1-4-7-10-13-15-17-19-21-23-24-25-26-27-28-30-32-34-37-39-42-48(50)53-46-47(54-49(51)43-40-36-12-9-6-3)45-52-44-41-38-35-33-31-29-22-20-18-16-14-11-8-5-2/h8,11,16,18,21-23,29,47H,4-7,9-10,12-15,17,19-20,24-28,30-46H2,1-3H3/b11-8-,18-16-,23-21-,29-22-. The van der Waals surface area contributed by atoms with E-state index in [1.165, 1.54) is 122 Å². The highest BCUT2D eigenvalue weighted by molar-refractivity contribution is 5.70. The number of esters is 2. The van der Waals surface area contributed by atoms with Crippen LogP contribution in [0.5, 0.6) is 0 Å². The van der Waals surface area contributed by atoms with Gasteiger partial charge in [0.15, 0.2) is 6.10 Å². The summed E-state index contributed by atoms with van der Waals surface area (Å²) in [4.78, 5) is 25.0. The topological polar surface area (TPSA) is 61.8 Å². The molecule has 0 fully saturated rings. The van der Waals surface area contributed by atoms with E-state index in [-0.39, 0.29) is 25.2 Å². The van der Waals surface area contributed by atoms with Crippen molar-refractivity contribution in [2.75, 3.05) is 19.8 Å². The Morgan fingerprint density at radius 3 is 1.35 bits per heavy atom. The first-order valence-corrected chi connectivity index (χ1v) is 23.2. The minimum atomic E-state index is -0.542. The van der Waals surface area contributed by atoms with Crippen molar-refractivity contribution in [3.05, 3.63) is 48.6 Å². The molecule has 0 aliphatic rings. The van der Waals surface area contributed by atoms with Gasteiger partial charge >= 0.3 is 11.9 Å². The molecule has 0 saturated heterocycles. The lowest BCUT2D eigenvalue weighted by molar-refractivity contribution is -0.163. The quantitative estimate of drug-likeness (QED) is 0.0353. The first-order chi connectivity index (χ1) is 26.6. The molecule has 0 aromatic heterocycles. The highest BCUT2D eigenvalue weighted by Crippen LogP contribution is 2.14. The van der Waals surface area contributed by atoms with Crippen LogP contribution in [-0.2, 0) is 23.8 Å². The maximum Gasteiger partial charge on any atom is 0.306 e. The van der Waals surface area contributed by atoms with Crippen molar-refractivity contribution in [1.82, 2.24) is 0 Å². The SMILES string of the molecule is CC/C=C\C/C=C\C/C=C\CCCCCCOCC(COC(=O)CCCCCCCCCCC/C=C\CCCCCCCC)OC(=O)CCCCCCC. The van der Waals surface area contributed by atoms with Gasteiger partial charge in [-0.3, -0.25) is 9.59 Å². The second kappa shape index (κ2) is 45.3. The lowest BCUT2D eigenvalue weighted by Crippen LogP contribution is -2.30. The molecule has 0 radical (unpaired) electrons. The molecule has 5 heteroatoms. The fourth-order valence-corrected chi connectivity index (χ4v) is 6.40. The van der Waals surface area contributed by atoms with Crippen LogP contribution in [0, 0.1) is 0 Å². The van der Waals surface area contributed by atoms with Gasteiger partial charge in [-0.1, -0.05) is 185 Å². The Kier molecular flexibility index (Phi) is 43.5. The molecule has 0 aliphatic heterocycles. The van der Waals surface area contributed by atoms with Crippen LogP contribution < -0.4 is 0 Å². The van der Waals surface area contributed by atoms with Crippen molar-refractivity contribution in [3.63, 3.8) is 0 Å². The smallest absolute Gasteiger partial charge is 0.306 e. The molecule has 54 heavy (non-hydrogen) atoms. The van der Waals surface area contributed by atoms with E-state index >= 15 is 0 Å². The van der Waals surface area contributed by atoms with Crippen LogP contribution in [-0.4, -0.2) is 37.9 Å². The number of allylic oxidation sites excluding steroid dienone is 8. The Balaban J connectivity index is 4.04. The number of carbonyl (C=O) groups excluding carboxylic acids is 2. The van der Waals surface area contributed by atoms with Crippen LogP contribution in [0.25, 0.3) is 0 Å². The first kappa shape index (κ1) is 51.9. The highest BCUT2D eigenvalue weighted by Gasteiger charge is 2.17. The third kappa shape index (κ3) is 42.6. The Labute approximate surface area is 335 Å². The monoisotopic (exact) mass is 757 g/mol. The first-order valence-electron chi connectivity index (χ1n) is 23.2. The summed E-state index contributed by atoms with van der Waals surface area (Å²) in [6, 6.07) is 0. The summed E-state index contributed by atoms with van der Waals surface area (Å²) in [6.07, 6.45) is 54.3. The van der Waals surface area contributed by atoms with E-state index in [0.717, 1.165) is 70.6 Å². The lowest BCUT2D eigenvalue weighted by atomic mass is 10.1. The number of unbranched alkanes of at least 4 members (excludes halogenated alkanes) is 23. The molecular formula is C49H88O5. The minimum Gasteiger partial charge on any atom is -0.462 e.